The second-order valence-electron chi connectivity index (χ2n) is 11.7. The van der Waals surface area contributed by atoms with Crippen LogP contribution in [0.2, 0.25) is 0 Å². The number of alkyl halides is 4. The first-order chi connectivity index (χ1) is 20.1. The van der Waals surface area contributed by atoms with Gasteiger partial charge in [0.1, 0.15) is 27.6 Å². The van der Waals surface area contributed by atoms with Gasteiger partial charge in [0.2, 0.25) is 0 Å². The van der Waals surface area contributed by atoms with Gasteiger partial charge in [0.05, 0.1) is 0 Å². The number of rotatable bonds is 15. The maximum atomic E-state index is 15.1. The molecule has 43 heavy (non-hydrogen) atoms. The highest BCUT2D eigenvalue weighted by Crippen LogP contribution is 2.39. The van der Waals surface area contributed by atoms with E-state index < -0.39 is 45.7 Å². The zero-order valence-corrected chi connectivity index (χ0v) is 25.6. The molecule has 0 saturated heterocycles. The van der Waals surface area contributed by atoms with Crippen molar-refractivity contribution in [2.75, 3.05) is 0 Å². The number of benzene rings is 3. The summed E-state index contributed by atoms with van der Waals surface area (Å²) in [4.78, 5) is 11.3. The molecule has 0 aromatic heterocycles. The van der Waals surface area contributed by atoms with Crippen molar-refractivity contribution in [3.05, 3.63) is 101 Å². The van der Waals surface area contributed by atoms with Crippen LogP contribution in [0, 0.1) is 5.82 Å². The summed E-state index contributed by atoms with van der Waals surface area (Å²) in [6.07, 6.45) is -5.26. The van der Waals surface area contributed by atoms with E-state index in [0.29, 0.717) is 24.5 Å². The molecule has 0 aliphatic rings. The van der Waals surface area contributed by atoms with Crippen molar-refractivity contribution >= 4 is 17.1 Å². The predicted octanol–water partition coefficient (Wildman–Crippen LogP) is 8.29. The van der Waals surface area contributed by atoms with Gasteiger partial charge < -0.3 is 14.1 Å². The molecule has 0 heterocycles. The van der Waals surface area contributed by atoms with Gasteiger partial charge in [0.15, 0.2) is 0 Å². The van der Waals surface area contributed by atoms with Crippen LogP contribution >= 0.6 is 0 Å². The molecule has 2 atom stereocenters. The zero-order valence-electron chi connectivity index (χ0n) is 24.8. The van der Waals surface area contributed by atoms with Gasteiger partial charge in [-0.15, -0.1) is 4.72 Å². The summed E-state index contributed by atoms with van der Waals surface area (Å²) >= 11 is -1.75. The summed E-state index contributed by atoms with van der Waals surface area (Å²) in [5, 5.41) is 0. The summed E-state index contributed by atoms with van der Waals surface area (Å²) < 4.78 is 89.3. The molecule has 4 nitrogen and oxygen atoms in total. The van der Waals surface area contributed by atoms with E-state index in [-0.39, 0.29) is 17.8 Å². The highest BCUT2D eigenvalue weighted by atomic mass is 32.2. The highest BCUT2D eigenvalue weighted by Gasteiger charge is 2.46. The van der Waals surface area contributed by atoms with E-state index >= 15 is 4.39 Å². The van der Waals surface area contributed by atoms with Crippen LogP contribution in [0.4, 0.5) is 22.0 Å². The number of halogens is 5. The van der Waals surface area contributed by atoms with E-state index in [9.17, 15) is 26.9 Å². The number of ether oxygens (including phenoxy) is 1. The smallest absolute Gasteiger partial charge is 0.461 e. The van der Waals surface area contributed by atoms with Crippen molar-refractivity contribution in [1.29, 1.82) is 0 Å². The molecule has 0 bridgehead atoms. The third-order valence-corrected chi connectivity index (χ3v) is 8.57. The standard InChI is InChI=1S/C33H38F5NO3S/c1-23(40)12-7-5-8-13-24-16-11-17-26(18-24)32(39-43(41)31(2,3)4,22-25-14-9-6-10-15-25)27-19-28(34)21-29(20-27)42-33(37,38)30(35)36/h6,9-11,14-21,30,39H,5,7-8,12-13,22H2,1-4H3/t32-,43?/m1/s1. The number of unbranched alkanes of at least 4 members (excludes halogenated alkanes) is 2. The van der Waals surface area contributed by atoms with E-state index in [1.165, 1.54) is 0 Å². The Morgan fingerprint density at radius 1 is 0.907 bits per heavy atom. The second kappa shape index (κ2) is 14.7. The fourth-order valence-corrected chi connectivity index (χ4v) is 5.61. The minimum absolute atomic E-state index is 0.0765. The molecule has 0 saturated carbocycles. The number of nitrogens with one attached hydrogen (secondary N) is 1. The van der Waals surface area contributed by atoms with Crippen molar-refractivity contribution < 1.29 is 36.0 Å². The number of carbonyl (C=O) groups excluding carboxylic acids is 1. The molecule has 0 amide bonds. The first-order valence-electron chi connectivity index (χ1n) is 14.1. The third-order valence-electron chi connectivity index (χ3n) is 6.92. The van der Waals surface area contributed by atoms with Gasteiger partial charge in [-0.25, -0.2) is 4.39 Å². The summed E-state index contributed by atoms with van der Waals surface area (Å²) in [5.74, 6) is -1.64. The van der Waals surface area contributed by atoms with E-state index in [1.807, 2.05) is 48.5 Å². The monoisotopic (exact) mass is 623 g/mol. The van der Waals surface area contributed by atoms with Gasteiger partial charge in [-0.2, -0.15) is 17.6 Å². The number of Topliss-reactive ketones (excluding diaryl/α,β-unsaturated/α-hetero) is 1. The predicted molar refractivity (Wildman–Crippen MR) is 159 cm³/mol. The van der Waals surface area contributed by atoms with E-state index in [0.717, 1.165) is 42.5 Å². The molecule has 3 aromatic rings. The molecule has 0 aliphatic carbocycles. The van der Waals surface area contributed by atoms with Gasteiger partial charge >= 0.3 is 12.5 Å². The van der Waals surface area contributed by atoms with E-state index in [2.05, 4.69) is 9.46 Å². The lowest BCUT2D eigenvalue weighted by atomic mass is 9.78. The maximum absolute atomic E-state index is 15.1. The number of hydrogen-bond donors (Lipinski definition) is 1. The normalized spacial score (nSPS) is 14.4. The lowest BCUT2D eigenvalue weighted by Crippen LogP contribution is -2.53. The largest absolute Gasteiger partial charge is 0.598 e. The molecule has 0 aliphatic heterocycles. The minimum atomic E-state index is -4.85. The van der Waals surface area contributed by atoms with Gasteiger partial charge in [0, 0.05) is 30.3 Å². The molecule has 234 valence electrons. The van der Waals surface area contributed by atoms with Gasteiger partial charge in [-0.3, -0.25) is 0 Å². The number of carbonyl (C=O) groups is 1. The van der Waals surface area contributed by atoms with Crippen LogP contribution in [0.25, 0.3) is 0 Å². The van der Waals surface area contributed by atoms with Crippen LogP contribution in [-0.4, -0.2) is 27.6 Å². The van der Waals surface area contributed by atoms with Gasteiger partial charge in [-0.1, -0.05) is 61.0 Å². The molecule has 1 unspecified atom stereocenters. The number of ketones is 1. The molecule has 3 aromatic carbocycles. The molecule has 0 spiro atoms. The summed E-state index contributed by atoms with van der Waals surface area (Å²) in [6.45, 7) is 6.82. The fourth-order valence-electron chi connectivity index (χ4n) is 4.68. The Kier molecular flexibility index (Phi) is 11.8. The van der Waals surface area contributed by atoms with Crippen LogP contribution < -0.4 is 9.46 Å². The Labute approximate surface area is 253 Å². The van der Waals surface area contributed by atoms with Crippen molar-refractivity contribution in [2.24, 2.45) is 0 Å². The average molecular weight is 624 g/mol. The molecular formula is C33H38F5NO3S. The van der Waals surface area contributed by atoms with Crippen molar-refractivity contribution in [1.82, 2.24) is 4.72 Å². The van der Waals surface area contributed by atoms with Gasteiger partial charge in [0.25, 0.3) is 0 Å². The lowest BCUT2D eigenvalue weighted by molar-refractivity contribution is -0.253. The average Bonchev–Trinajstić information content (AvgIpc) is 2.91. The van der Waals surface area contributed by atoms with Crippen LogP contribution in [0.5, 0.6) is 5.75 Å². The molecule has 0 fully saturated rings. The SMILES string of the molecule is CC(=O)CCCCCc1cccc([C@@](Cc2ccccc2)(N[S+]([O-])C(C)(C)C)c2cc(F)cc(OC(F)(F)C(F)F)c2)c1. The van der Waals surface area contributed by atoms with Crippen LogP contribution in [-0.2, 0) is 34.5 Å². The minimum Gasteiger partial charge on any atom is -0.598 e. The Hall–Kier alpha value is -2.95. The molecule has 10 heteroatoms. The first kappa shape index (κ1) is 34.5. The van der Waals surface area contributed by atoms with E-state index in [4.69, 9.17) is 0 Å². The second-order valence-corrected chi connectivity index (χ2v) is 13.6. The van der Waals surface area contributed by atoms with Crippen LogP contribution in [0.15, 0.2) is 72.8 Å². The molecule has 3 rings (SSSR count). The fraction of sp³-hybridized carbons (Fsp3) is 0.424. The Bertz CT molecular complexity index is 1350. The first-order valence-corrected chi connectivity index (χ1v) is 15.3. The Morgan fingerprint density at radius 3 is 2.21 bits per heavy atom. The summed E-state index contributed by atoms with van der Waals surface area (Å²) in [7, 11) is 0. The van der Waals surface area contributed by atoms with E-state index in [1.54, 1.807) is 33.8 Å². The number of aryl methyl sites for hydroxylation is 1. The van der Waals surface area contributed by atoms with Crippen LogP contribution in [0.3, 0.4) is 0 Å². The third kappa shape index (κ3) is 9.78. The number of hydrogen-bond acceptors (Lipinski definition) is 4. The van der Waals surface area contributed by atoms with Crippen molar-refractivity contribution in [3.63, 3.8) is 0 Å². The zero-order chi connectivity index (χ0) is 31.8. The molecule has 1 N–H and O–H groups in total. The van der Waals surface area contributed by atoms with Crippen molar-refractivity contribution in [2.45, 2.75) is 89.0 Å². The topological polar surface area (TPSA) is 61.4 Å². The van der Waals surface area contributed by atoms with Crippen molar-refractivity contribution in [3.8, 4) is 5.75 Å². The lowest BCUT2D eigenvalue weighted by Gasteiger charge is -2.39. The maximum Gasteiger partial charge on any atom is 0.461 e. The van der Waals surface area contributed by atoms with Gasteiger partial charge in [-0.05, 0) is 81.3 Å². The Balaban J connectivity index is 2.19. The summed E-state index contributed by atoms with van der Waals surface area (Å²) in [6, 6.07) is 19.3. The highest BCUT2D eigenvalue weighted by molar-refractivity contribution is 7.90. The summed E-state index contributed by atoms with van der Waals surface area (Å²) in [5.41, 5.74) is 0.892. The quantitative estimate of drug-likeness (QED) is 0.105. The molecular weight excluding hydrogens is 585 g/mol. The molecule has 0 radical (unpaired) electrons. The van der Waals surface area contributed by atoms with Crippen LogP contribution in [0.1, 0.15) is 75.6 Å². The Morgan fingerprint density at radius 2 is 1.58 bits per heavy atom.